The highest BCUT2D eigenvalue weighted by Crippen LogP contribution is 2.34. The lowest BCUT2D eigenvalue weighted by molar-refractivity contribution is 0.442. The zero-order valence-electron chi connectivity index (χ0n) is 11.2. The Balaban J connectivity index is 2.17. The highest BCUT2D eigenvalue weighted by atomic mass is 32.1. The van der Waals surface area contributed by atoms with E-state index in [9.17, 15) is 0 Å². The Morgan fingerprint density at radius 3 is 2.55 bits per heavy atom. The first kappa shape index (κ1) is 13.7. The molecule has 3 aromatic rings. The number of rotatable bonds is 4. The van der Waals surface area contributed by atoms with Crippen LogP contribution in [0.4, 0.5) is 0 Å². The summed E-state index contributed by atoms with van der Waals surface area (Å²) in [6, 6.07) is 8.60. The number of hydrogen-bond acceptors (Lipinski definition) is 4. The van der Waals surface area contributed by atoms with E-state index in [-0.39, 0.29) is 6.04 Å². The van der Waals surface area contributed by atoms with Gasteiger partial charge in [0.15, 0.2) is 10.6 Å². The normalized spacial score (nSPS) is 12.9. The van der Waals surface area contributed by atoms with Crippen molar-refractivity contribution in [1.29, 1.82) is 0 Å². The van der Waals surface area contributed by atoms with E-state index in [2.05, 4.69) is 57.6 Å². The van der Waals surface area contributed by atoms with E-state index in [1.807, 2.05) is 6.07 Å². The molecular formula is C14H15N3S3. The smallest absolute Gasteiger partial charge is 0.196 e. The second-order valence-corrected chi connectivity index (χ2v) is 7.22. The summed E-state index contributed by atoms with van der Waals surface area (Å²) in [5.74, 6) is 1.37. The summed E-state index contributed by atoms with van der Waals surface area (Å²) in [7, 11) is 0. The van der Waals surface area contributed by atoms with Crippen LogP contribution in [0.3, 0.4) is 0 Å². The molecule has 1 unspecified atom stereocenters. The highest BCUT2D eigenvalue weighted by Gasteiger charge is 2.24. The van der Waals surface area contributed by atoms with Crippen molar-refractivity contribution in [3.05, 3.63) is 44.7 Å². The van der Waals surface area contributed by atoms with Gasteiger partial charge in [-0.3, -0.25) is 9.67 Å². The minimum Gasteiger partial charge on any atom is -0.291 e. The molecule has 0 radical (unpaired) electrons. The van der Waals surface area contributed by atoms with E-state index in [1.165, 1.54) is 4.88 Å². The van der Waals surface area contributed by atoms with Crippen LogP contribution in [0.1, 0.15) is 24.8 Å². The average Bonchev–Trinajstić information content (AvgIpc) is 3.12. The fraction of sp³-hybridized carbons (Fsp3) is 0.286. The summed E-state index contributed by atoms with van der Waals surface area (Å²) >= 11 is 8.92. The molecule has 0 saturated heterocycles. The van der Waals surface area contributed by atoms with Crippen molar-refractivity contribution >= 4 is 34.9 Å². The van der Waals surface area contributed by atoms with Crippen LogP contribution in [-0.4, -0.2) is 14.8 Å². The number of nitrogens with zero attached hydrogens (tertiary/aromatic N) is 2. The van der Waals surface area contributed by atoms with Crippen LogP contribution in [0.15, 0.2) is 35.0 Å². The molecule has 0 saturated carbocycles. The number of thiophene rings is 2. The Hall–Kier alpha value is -1.24. The van der Waals surface area contributed by atoms with Crippen LogP contribution in [0.5, 0.6) is 0 Å². The van der Waals surface area contributed by atoms with Gasteiger partial charge >= 0.3 is 0 Å². The Bertz CT molecular complexity index is 720. The SMILES string of the molecule is CC(C)C(c1cccs1)n1c(-c2cccs2)n[nH]c1=S. The zero-order valence-corrected chi connectivity index (χ0v) is 13.7. The summed E-state index contributed by atoms with van der Waals surface area (Å²) < 4.78 is 2.83. The molecular weight excluding hydrogens is 306 g/mol. The Morgan fingerprint density at radius 1 is 1.20 bits per heavy atom. The van der Waals surface area contributed by atoms with Crippen molar-refractivity contribution in [1.82, 2.24) is 14.8 Å². The van der Waals surface area contributed by atoms with Gasteiger partial charge in [-0.1, -0.05) is 26.0 Å². The number of aromatic amines is 1. The molecule has 20 heavy (non-hydrogen) atoms. The van der Waals surface area contributed by atoms with Crippen LogP contribution in [0, 0.1) is 10.7 Å². The number of aromatic nitrogens is 3. The van der Waals surface area contributed by atoms with Gasteiger partial charge in [0.25, 0.3) is 0 Å². The second-order valence-electron chi connectivity index (χ2n) is 4.90. The molecule has 104 valence electrons. The van der Waals surface area contributed by atoms with Crippen LogP contribution >= 0.6 is 34.9 Å². The van der Waals surface area contributed by atoms with E-state index in [1.54, 1.807) is 22.7 Å². The van der Waals surface area contributed by atoms with Crippen molar-refractivity contribution in [3.63, 3.8) is 0 Å². The maximum atomic E-state index is 5.47. The number of hydrogen-bond donors (Lipinski definition) is 1. The summed E-state index contributed by atoms with van der Waals surface area (Å²) in [4.78, 5) is 2.45. The summed E-state index contributed by atoms with van der Waals surface area (Å²) in [6.45, 7) is 4.44. The average molecular weight is 321 g/mol. The topological polar surface area (TPSA) is 33.6 Å². The van der Waals surface area contributed by atoms with E-state index in [0.29, 0.717) is 10.7 Å². The third-order valence-electron chi connectivity index (χ3n) is 3.19. The van der Waals surface area contributed by atoms with Gasteiger partial charge in [-0.05, 0) is 41.0 Å². The third kappa shape index (κ3) is 2.39. The molecule has 3 heterocycles. The van der Waals surface area contributed by atoms with Gasteiger partial charge in [0.05, 0.1) is 10.9 Å². The lowest BCUT2D eigenvalue weighted by atomic mass is 10.0. The number of nitrogens with one attached hydrogen (secondary N) is 1. The summed E-state index contributed by atoms with van der Waals surface area (Å²) in [6.07, 6.45) is 0. The van der Waals surface area contributed by atoms with Gasteiger partial charge < -0.3 is 0 Å². The molecule has 0 aliphatic carbocycles. The Morgan fingerprint density at radius 2 is 1.95 bits per heavy atom. The molecule has 1 N–H and O–H groups in total. The Labute approximate surface area is 130 Å². The van der Waals surface area contributed by atoms with E-state index < -0.39 is 0 Å². The van der Waals surface area contributed by atoms with E-state index in [4.69, 9.17) is 12.2 Å². The quantitative estimate of drug-likeness (QED) is 0.688. The van der Waals surface area contributed by atoms with E-state index >= 15 is 0 Å². The van der Waals surface area contributed by atoms with Crippen molar-refractivity contribution < 1.29 is 0 Å². The summed E-state index contributed by atoms with van der Waals surface area (Å²) in [5, 5.41) is 11.6. The molecule has 0 bridgehead atoms. The van der Waals surface area contributed by atoms with Gasteiger partial charge in [0.1, 0.15) is 0 Å². The first-order chi connectivity index (χ1) is 9.68. The molecule has 6 heteroatoms. The molecule has 0 aliphatic rings. The fourth-order valence-corrected chi connectivity index (χ4v) is 4.30. The minimum absolute atomic E-state index is 0.221. The molecule has 0 aromatic carbocycles. The predicted molar refractivity (Wildman–Crippen MR) is 88.0 cm³/mol. The monoisotopic (exact) mass is 321 g/mol. The van der Waals surface area contributed by atoms with Crippen LogP contribution < -0.4 is 0 Å². The molecule has 0 amide bonds. The van der Waals surface area contributed by atoms with Gasteiger partial charge in [0.2, 0.25) is 0 Å². The first-order valence-corrected chi connectivity index (χ1v) is 8.59. The van der Waals surface area contributed by atoms with Gasteiger partial charge in [0, 0.05) is 4.88 Å². The van der Waals surface area contributed by atoms with Crippen molar-refractivity contribution in [3.8, 4) is 10.7 Å². The predicted octanol–water partition coefficient (Wildman–Crippen LogP) is 4.98. The van der Waals surface area contributed by atoms with Gasteiger partial charge in [-0.15, -0.1) is 22.7 Å². The van der Waals surface area contributed by atoms with Crippen LogP contribution in [0.25, 0.3) is 10.7 Å². The fourth-order valence-electron chi connectivity index (χ4n) is 2.36. The number of H-pyrrole nitrogens is 1. The molecule has 0 fully saturated rings. The molecule has 1 atom stereocenters. The maximum absolute atomic E-state index is 5.47. The molecule has 3 nitrogen and oxygen atoms in total. The molecule has 0 spiro atoms. The Kier molecular flexibility index (Phi) is 3.87. The minimum atomic E-state index is 0.221. The van der Waals surface area contributed by atoms with Crippen molar-refractivity contribution in [2.24, 2.45) is 5.92 Å². The second kappa shape index (κ2) is 5.63. The standard InChI is InChI=1S/C14H15N3S3/c1-9(2)12(10-5-3-7-19-10)17-13(15-16-14(17)18)11-6-4-8-20-11/h3-9,12H,1-2H3,(H,16,18). The van der Waals surface area contributed by atoms with Gasteiger partial charge in [-0.2, -0.15) is 5.10 Å². The zero-order chi connectivity index (χ0) is 14.1. The molecule has 3 aromatic heterocycles. The molecule has 3 rings (SSSR count). The lowest BCUT2D eigenvalue weighted by Gasteiger charge is -2.22. The largest absolute Gasteiger partial charge is 0.291 e. The van der Waals surface area contributed by atoms with Crippen LogP contribution in [0.2, 0.25) is 0 Å². The van der Waals surface area contributed by atoms with Crippen LogP contribution in [-0.2, 0) is 0 Å². The highest BCUT2D eigenvalue weighted by molar-refractivity contribution is 7.71. The van der Waals surface area contributed by atoms with Gasteiger partial charge in [-0.25, -0.2) is 0 Å². The first-order valence-electron chi connectivity index (χ1n) is 6.42. The molecule has 0 aliphatic heterocycles. The third-order valence-corrected chi connectivity index (χ3v) is 5.29. The summed E-state index contributed by atoms with van der Waals surface area (Å²) in [5.41, 5.74) is 0. The van der Waals surface area contributed by atoms with Crippen molar-refractivity contribution in [2.75, 3.05) is 0 Å². The maximum Gasteiger partial charge on any atom is 0.196 e. The van der Waals surface area contributed by atoms with E-state index in [0.717, 1.165) is 10.7 Å². The van der Waals surface area contributed by atoms with Crippen molar-refractivity contribution in [2.45, 2.75) is 19.9 Å². The lowest BCUT2D eigenvalue weighted by Crippen LogP contribution is -2.16.